The Balaban J connectivity index is 1.57. The van der Waals surface area contributed by atoms with E-state index in [1.165, 1.54) is 28.0 Å². The van der Waals surface area contributed by atoms with Gasteiger partial charge in [0.15, 0.2) is 17.3 Å². The SMILES string of the molecule is CN(C)C(=O)Cn1cc(C(=O)NC2CCN(c3ncccc3F)C2)nn1. The second-order valence-electron chi connectivity index (χ2n) is 6.30. The van der Waals surface area contributed by atoms with Crippen LogP contribution in [-0.4, -0.2) is 69.9 Å². The van der Waals surface area contributed by atoms with Gasteiger partial charge >= 0.3 is 0 Å². The molecule has 1 aliphatic rings. The average Bonchev–Trinajstić information content (AvgIpc) is 3.25. The molecule has 0 aromatic carbocycles. The molecule has 2 amide bonds. The third-order valence-corrected chi connectivity index (χ3v) is 4.13. The molecule has 3 rings (SSSR count). The summed E-state index contributed by atoms with van der Waals surface area (Å²) >= 11 is 0. The summed E-state index contributed by atoms with van der Waals surface area (Å²) in [4.78, 5) is 31.3. The van der Waals surface area contributed by atoms with Gasteiger partial charge in [0.05, 0.1) is 6.20 Å². The van der Waals surface area contributed by atoms with Crippen LogP contribution >= 0.6 is 0 Å². The quantitative estimate of drug-likeness (QED) is 0.800. The van der Waals surface area contributed by atoms with E-state index < -0.39 is 0 Å². The van der Waals surface area contributed by atoms with Crippen molar-refractivity contribution in [1.29, 1.82) is 0 Å². The Morgan fingerprint density at radius 1 is 1.42 bits per heavy atom. The van der Waals surface area contributed by atoms with Gasteiger partial charge in [-0.15, -0.1) is 5.10 Å². The number of halogens is 1. The van der Waals surface area contributed by atoms with Crippen molar-refractivity contribution in [2.24, 2.45) is 0 Å². The van der Waals surface area contributed by atoms with Crippen molar-refractivity contribution in [1.82, 2.24) is 30.2 Å². The third-order valence-electron chi connectivity index (χ3n) is 4.13. The van der Waals surface area contributed by atoms with E-state index >= 15 is 0 Å². The molecule has 1 unspecified atom stereocenters. The zero-order valence-corrected chi connectivity index (χ0v) is 14.6. The number of aromatic nitrogens is 4. The number of hydrogen-bond acceptors (Lipinski definition) is 6. The summed E-state index contributed by atoms with van der Waals surface area (Å²) in [7, 11) is 3.28. The molecule has 0 spiro atoms. The average molecular weight is 361 g/mol. The molecule has 0 bridgehead atoms. The fourth-order valence-electron chi connectivity index (χ4n) is 2.70. The van der Waals surface area contributed by atoms with E-state index in [2.05, 4.69) is 20.6 Å². The largest absolute Gasteiger partial charge is 0.352 e. The smallest absolute Gasteiger partial charge is 0.273 e. The highest BCUT2D eigenvalue weighted by atomic mass is 19.1. The number of likely N-dealkylation sites (N-methyl/N-ethyl adjacent to an activating group) is 1. The number of pyridine rings is 1. The van der Waals surface area contributed by atoms with Crippen LogP contribution in [0.4, 0.5) is 10.2 Å². The predicted octanol–water partition coefficient (Wildman–Crippen LogP) is -0.0909. The summed E-state index contributed by atoms with van der Waals surface area (Å²) in [5, 5.41) is 10.5. The normalized spacial score (nSPS) is 16.6. The van der Waals surface area contributed by atoms with Gasteiger partial charge in [0.2, 0.25) is 5.91 Å². The maximum Gasteiger partial charge on any atom is 0.273 e. The van der Waals surface area contributed by atoms with Crippen LogP contribution in [0.25, 0.3) is 0 Å². The van der Waals surface area contributed by atoms with Gasteiger partial charge < -0.3 is 15.1 Å². The molecule has 9 nitrogen and oxygen atoms in total. The number of hydrogen-bond donors (Lipinski definition) is 1. The predicted molar refractivity (Wildman–Crippen MR) is 91.0 cm³/mol. The Labute approximate surface area is 149 Å². The maximum atomic E-state index is 13.8. The third kappa shape index (κ3) is 3.95. The van der Waals surface area contributed by atoms with Crippen molar-refractivity contribution < 1.29 is 14.0 Å². The van der Waals surface area contributed by atoms with Crippen molar-refractivity contribution in [2.75, 3.05) is 32.1 Å². The van der Waals surface area contributed by atoms with Crippen LogP contribution in [0, 0.1) is 5.82 Å². The lowest BCUT2D eigenvalue weighted by Gasteiger charge is -2.18. The van der Waals surface area contributed by atoms with Gasteiger partial charge in [-0.25, -0.2) is 14.1 Å². The molecule has 1 fully saturated rings. The standard InChI is InChI=1S/C16H20FN7O2/c1-22(2)14(25)10-24-9-13(20-21-24)16(26)19-11-5-7-23(8-11)15-12(17)4-3-6-18-15/h3-4,6,9,11H,5,7-8,10H2,1-2H3,(H,19,26). The van der Waals surface area contributed by atoms with E-state index in [1.807, 2.05) is 0 Å². The highest BCUT2D eigenvalue weighted by Gasteiger charge is 2.27. The molecule has 0 aliphatic carbocycles. The number of carbonyl (C=O) groups is 2. The molecule has 1 aliphatic heterocycles. The van der Waals surface area contributed by atoms with Crippen LogP contribution in [0.2, 0.25) is 0 Å². The van der Waals surface area contributed by atoms with Crippen molar-refractivity contribution in [3.05, 3.63) is 36.0 Å². The fourth-order valence-corrected chi connectivity index (χ4v) is 2.70. The molecular formula is C16H20FN7O2. The number of amides is 2. The van der Waals surface area contributed by atoms with Crippen LogP contribution in [0.15, 0.2) is 24.5 Å². The van der Waals surface area contributed by atoms with Crippen molar-refractivity contribution in [3.8, 4) is 0 Å². The summed E-state index contributed by atoms with van der Waals surface area (Å²) in [5.41, 5.74) is 0.138. The maximum absolute atomic E-state index is 13.8. The van der Waals surface area contributed by atoms with Gasteiger partial charge in [-0.2, -0.15) is 0 Å². The van der Waals surface area contributed by atoms with Crippen LogP contribution in [0.3, 0.4) is 0 Å². The topological polar surface area (TPSA) is 96.2 Å². The Bertz CT molecular complexity index is 807. The van der Waals surface area contributed by atoms with Crippen LogP contribution in [-0.2, 0) is 11.3 Å². The Kier molecular flexibility index (Phi) is 5.10. The first-order chi connectivity index (χ1) is 12.4. The molecule has 26 heavy (non-hydrogen) atoms. The summed E-state index contributed by atoms with van der Waals surface area (Å²) in [6.07, 6.45) is 3.65. The van der Waals surface area contributed by atoms with E-state index in [0.29, 0.717) is 19.5 Å². The zero-order valence-electron chi connectivity index (χ0n) is 14.6. The summed E-state index contributed by atoms with van der Waals surface area (Å²) in [6, 6.07) is 2.76. The summed E-state index contributed by atoms with van der Waals surface area (Å²) in [5.74, 6) is -0.613. The number of rotatable bonds is 5. The van der Waals surface area contributed by atoms with Crippen LogP contribution < -0.4 is 10.2 Å². The minimum absolute atomic E-state index is 0.0173. The second kappa shape index (κ2) is 7.46. The number of carbonyl (C=O) groups excluding carboxylic acids is 2. The van der Waals surface area contributed by atoms with E-state index in [4.69, 9.17) is 0 Å². The molecule has 1 atom stereocenters. The van der Waals surface area contributed by atoms with Crippen LogP contribution in [0.5, 0.6) is 0 Å². The fraction of sp³-hybridized carbons (Fsp3) is 0.438. The molecule has 2 aromatic rings. The zero-order chi connectivity index (χ0) is 18.7. The lowest BCUT2D eigenvalue weighted by molar-refractivity contribution is -0.129. The molecule has 138 valence electrons. The van der Waals surface area contributed by atoms with Gasteiger partial charge in [-0.1, -0.05) is 5.21 Å². The van der Waals surface area contributed by atoms with E-state index in [-0.39, 0.29) is 41.7 Å². The van der Waals surface area contributed by atoms with Gasteiger partial charge in [0, 0.05) is 39.4 Å². The number of nitrogens with zero attached hydrogens (tertiary/aromatic N) is 6. The van der Waals surface area contributed by atoms with Gasteiger partial charge in [0.1, 0.15) is 6.54 Å². The van der Waals surface area contributed by atoms with Crippen molar-refractivity contribution in [2.45, 2.75) is 19.0 Å². The Morgan fingerprint density at radius 3 is 2.96 bits per heavy atom. The second-order valence-corrected chi connectivity index (χ2v) is 6.30. The monoisotopic (exact) mass is 361 g/mol. The molecule has 0 radical (unpaired) electrons. The summed E-state index contributed by atoms with van der Waals surface area (Å²) < 4.78 is 15.1. The van der Waals surface area contributed by atoms with E-state index in [9.17, 15) is 14.0 Å². The minimum Gasteiger partial charge on any atom is -0.352 e. The first-order valence-corrected chi connectivity index (χ1v) is 8.20. The first kappa shape index (κ1) is 17.8. The van der Waals surface area contributed by atoms with Gasteiger partial charge in [-0.05, 0) is 18.6 Å². The minimum atomic E-state index is -0.382. The number of nitrogens with one attached hydrogen (secondary N) is 1. The Morgan fingerprint density at radius 2 is 2.23 bits per heavy atom. The molecule has 1 saturated heterocycles. The first-order valence-electron chi connectivity index (χ1n) is 8.20. The molecule has 3 heterocycles. The number of anilines is 1. The summed E-state index contributed by atoms with van der Waals surface area (Å²) in [6.45, 7) is 1.08. The highest BCUT2D eigenvalue weighted by molar-refractivity contribution is 5.92. The Hall–Kier alpha value is -3.04. The highest BCUT2D eigenvalue weighted by Crippen LogP contribution is 2.20. The van der Waals surface area contributed by atoms with E-state index in [1.54, 1.807) is 25.1 Å². The molecule has 2 aromatic heterocycles. The van der Waals surface area contributed by atoms with Gasteiger partial charge in [-0.3, -0.25) is 9.59 Å². The van der Waals surface area contributed by atoms with Crippen LogP contribution in [0.1, 0.15) is 16.9 Å². The molecule has 0 saturated carbocycles. The lowest BCUT2D eigenvalue weighted by atomic mass is 10.2. The van der Waals surface area contributed by atoms with Crippen molar-refractivity contribution in [3.63, 3.8) is 0 Å². The van der Waals surface area contributed by atoms with Crippen molar-refractivity contribution >= 4 is 17.6 Å². The van der Waals surface area contributed by atoms with E-state index in [0.717, 1.165) is 0 Å². The van der Waals surface area contributed by atoms with Gasteiger partial charge in [0.25, 0.3) is 5.91 Å². The molecular weight excluding hydrogens is 341 g/mol. The lowest BCUT2D eigenvalue weighted by Crippen LogP contribution is -2.37. The molecule has 10 heteroatoms. The molecule has 1 N–H and O–H groups in total.